The van der Waals surface area contributed by atoms with Crippen LogP contribution in [0.2, 0.25) is 10.0 Å². The average molecular weight is 479 g/mol. The molecule has 2 rings (SSSR count). The molecule has 29 heavy (non-hydrogen) atoms. The number of carbonyl (C=O) groups excluding carboxylic acids is 1. The van der Waals surface area contributed by atoms with Crippen LogP contribution in [0, 0.1) is 0 Å². The molecule has 0 aliphatic rings. The predicted octanol–water partition coefficient (Wildman–Crippen LogP) is 3.04. The Hall–Kier alpha value is -1.81. The van der Waals surface area contributed by atoms with E-state index in [9.17, 15) is 21.6 Å². The van der Waals surface area contributed by atoms with Gasteiger partial charge in [0.25, 0.3) is 0 Å². The van der Waals surface area contributed by atoms with E-state index in [4.69, 9.17) is 23.2 Å². The summed E-state index contributed by atoms with van der Waals surface area (Å²) < 4.78 is 48.3. The fourth-order valence-electron chi connectivity index (χ4n) is 2.57. The van der Waals surface area contributed by atoms with Gasteiger partial charge in [0.1, 0.15) is 6.54 Å². The number of anilines is 1. The molecular formula is C18H20Cl2N2O5S2. The minimum absolute atomic E-state index is 0.0973. The summed E-state index contributed by atoms with van der Waals surface area (Å²) in [4.78, 5) is 12.6. The zero-order chi connectivity index (χ0) is 22.0. The standard InChI is InChI=1S/C18H20Cl2N2O5S2/c1-12(13-4-7-15(8-5-13)28(2,24)25)21-18(23)11-22(29(3,26)27)17-9-6-14(19)10-16(17)20/h4-10,12H,11H2,1-3H3,(H,21,23)/t12-/m0/s1. The number of sulfonamides is 1. The molecule has 1 amide bonds. The van der Waals surface area contributed by atoms with E-state index in [1.807, 2.05) is 0 Å². The largest absolute Gasteiger partial charge is 0.348 e. The van der Waals surface area contributed by atoms with Crippen molar-refractivity contribution in [3.8, 4) is 0 Å². The van der Waals surface area contributed by atoms with E-state index in [1.54, 1.807) is 19.1 Å². The van der Waals surface area contributed by atoms with Crippen molar-refractivity contribution in [1.82, 2.24) is 5.32 Å². The van der Waals surface area contributed by atoms with E-state index in [0.29, 0.717) is 10.6 Å². The molecule has 0 unspecified atom stereocenters. The Balaban J connectivity index is 2.18. The van der Waals surface area contributed by atoms with Crippen LogP contribution in [0.15, 0.2) is 47.4 Å². The summed E-state index contributed by atoms with van der Waals surface area (Å²) in [5.41, 5.74) is 0.806. The Morgan fingerprint density at radius 3 is 2.10 bits per heavy atom. The second-order valence-electron chi connectivity index (χ2n) is 6.50. The maximum absolute atomic E-state index is 12.5. The third kappa shape index (κ3) is 6.33. The van der Waals surface area contributed by atoms with Crippen molar-refractivity contribution in [2.45, 2.75) is 17.9 Å². The van der Waals surface area contributed by atoms with Gasteiger partial charge in [-0.05, 0) is 42.8 Å². The van der Waals surface area contributed by atoms with Crippen LogP contribution in [0.3, 0.4) is 0 Å². The Kier molecular flexibility index (Phi) is 7.21. The van der Waals surface area contributed by atoms with Crippen molar-refractivity contribution in [3.05, 3.63) is 58.1 Å². The third-order valence-electron chi connectivity index (χ3n) is 4.05. The monoisotopic (exact) mass is 478 g/mol. The SMILES string of the molecule is C[C@H](NC(=O)CN(c1ccc(Cl)cc1Cl)S(C)(=O)=O)c1ccc(S(C)(=O)=O)cc1. The summed E-state index contributed by atoms with van der Waals surface area (Å²) in [5.74, 6) is -0.555. The molecule has 0 saturated heterocycles. The molecular weight excluding hydrogens is 459 g/mol. The van der Waals surface area contributed by atoms with E-state index in [2.05, 4.69) is 5.32 Å². The first kappa shape index (κ1) is 23.5. The van der Waals surface area contributed by atoms with Gasteiger partial charge in [-0.25, -0.2) is 16.8 Å². The second-order valence-corrected chi connectivity index (χ2v) is 11.3. The molecule has 0 aliphatic carbocycles. The van der Waals surface area contributed by atoms with Gasteiger partial charge in [-0.2, -0.15) is 0 Å². The summed E-state index contributed by atoms with van der Waals surface area (Å²) in [7, 11) is -7.11. The lowest BCUT2D eigenvalue weighted by Gasteiger charge is -2.24. The Morgan fingerprint density at radius 2 is 1.62 bits per heavy atom. The highest BCUT2D eigenvalue weighted by Crippen LogP contribution is 2.30. The van der Waals surface area contributed by atoms with Crippen LogP contribution >= 0.6 is 23.2 Å². The highest BCUT2D eigenvalue weighted by molar-refractivity contribution is 7.92. The van der Waals surface area contributed by atoms with Crippen LogP contribution in [0.1, 0.15) is 18.5 Å². The van der Waals surface area contributed by atoms with Gasteiger partial charge in [0.2, 0.25) is 15.9 Å². The molecule has 2 aromatic rings. The van der Waals surface area contributed by atoms with Crippen molar-refractivity contribution in [1.29, 1.82) is 0 Å². The molecule has 2 aromatic carbocycles. The van der Waals surface area contributed by atoms with Crippen LogP contribution in [-0.2, 0) is 24.7 Å². The lowest BCUT2D eigenvalue weighted by atomic mass is 10.1. The first-order valence-electron chi connectivity index (χ1n) is 8.31. The molecule has 158 valence electrons. The van der Waals surface area contributed by atoms with Crippen LogP contribution < -0.4 is 9.62 Å². The van der Waals surface area contributed by atoms with E-state index in [1.165, 1.54) is 30.3 Å². The van der Waals surface area contributed by atoms with Gasteiger partial charge < -0.3 is 5.32 Å². The topological polar surface area (TPSA) is 101 Å². The molecule has 1 atom stereocenters. The number of hydrogen-bond donors (Lipinski definition) is 1. The molecule has 0 aliphatic heterocycles. The van der Waals surface area contributed by atoms with E-state index in [0.717, 1.165) is 16.8 Å². The van der Waals surface area contributed by atoms with Crippen molar-refractivity contribution in [3.63, 3.8) is 0 Å². The molecule has 0 spiro atoms. The normalized spacial score (nSPS) is 13.0. The van der Waals surface area contributed by atoms with Gasteiger partial charge in [0.05, 0.1) is 27.9 Å². The molecule has 1 N–H and O–H groups in total. The number of amides is 1. The van der Waals surface area contributed by atoms with Crippen LogP contribution in [0.4, 0.5) is 5.69 Å². The fraction of sp³-hybridized carbons (Fsp3) is 0.278. The molecule has 0 bridgehead atoms. The number of nitrogens with zero attached hydrogens (tertiary/aromatic N) is 1. The van der Waals surface area contributed by atoms with Crippen molar-refractivity contribution in [2.75, 3.05) is 23.4 Å². The number of sulfone groups is 1. The molecule has 0 heterocycles. The highest BCUT2D eigenvalue weighted by atomic mass is 35.5. The van der Waals surface area contributed by atoms with Gasteiger partial charge >= 0.3 is 0 Å². The maximum Gasteiger partial charge on any atom is 0.241 e. The highest BCUT2D eigenvalue weighted by Gasteiger charge is 2.24. The number of nitrogens with one attached hydrogen (secondary N) is 1. The van der Waals surface area contributed by atoms with E-state index in [-0.39, 0.29) is 15.6 Å². The summed E-state index contributed by atoms with van der Waals surface area (Å²) >= 11 is 11.9. The van der Waals surface area contributed by atoms with Gasteiger partial charge in [0.15, 0.2) is 9.84 Å². The lowest BCUT2D eigenvalue weighted by Crippen LogP contribution is -2.41. The summed E-state index contributed by atoms with van der Waals surface area (Å²) in [6.07, 6.45) is 2.08. The number of hydrogen-bond acceptors (Lipinski definition) is 5. The first-order chi connectivity index (χ1) is 13.3. The quantitative estimate of drug-likeness (QED) is 0.658. The Morgan fingerprint density at radius 1 is 1.03 bits per heavy atom. The fourth-order valence-corrected chi connectivity index (χ4v) is 4.63. The van der Waals surface area contributed by atoms with Crippen molar-refractivity contribution >= 4 is 54.7 Å². The lowest BCUT2D eigenvalue weighted by molar-refractivity contribution is -0.120. The van der Waals surface area contributed by atoms with Crippen LogP contribution in [-0.4, -0.2) is 41.8 Å². The summed E-state index contributed by atoms with van der Waals surface area (Å²) in [6, 6.07) is 9.89. The minimum Gasteiger partial charge on any atom is -0.348 e. The Bertz CT molecular complexity index is 1120. The van der Waals surface area contributed by atoms with E-state index >= 15 is 0 Å². The molecule has 0 aromatic heterocycles. The van der Waals surface area contributed by atoms with Gasteiger partial charge in [0, 0.05) is 11.3 Å². The smallest absolute Gasteiger partial charge is 0.241 e. The summed E-state index contributed by atoms with van der Waals surface area (Å²) in [5, 5.41) is 3.13. The molecule has 0 radical (unpaired) electrons. The zero-order valence-corrected chi connectivity index (χ0v) is 19.0. The van der Waals surface area contributed by atoms with Crippen LogP contribution in [0.25, 0.3) is 0 Å². The molecule has 0 saturated carbocycles. The number of rotatable bonds is 7. The number of benzene rings is 2. The van der Waals surface area contributed by atoms with Gasteiger partial charge in [-0.3, -0.25) is 9.10 Å². The van der Waals surface area contributed by atoms with Crippen LogP contribution in [0.5, 0.6) is 0 Å². The molecule has 11 heteroatoms. The van der Waals surface area contributed by atoms with Crippen molar-refractivity contribution < 1.29 is 21.6 Å². The number of halogens is 2. The summed E-state index contributed by atoms with van der Waals surface area (Å²) in [6.45, 7) is 1.22. The molecule has 0 fully saturated rings. The minimum atomic E-state index is -3.79. The average Bonchev–Trinajstić information content (AvgIpc) is 2.58. The first-order valence-corrected chi connectivity index (χ1v) is 12.8. The molecule has 7 nitrogen and oxygen atoms in total. The van der Waals surface area contributed by atoms with E-state index < -0.39 is 38.4 Å². The third-order valence-corrected chi connectivity index (χ3v) is 6.84. The van der Waals surface area contributed by atoms with Gasteiger partial charge in [-0.1, -0.05) is 35.3 Å². The van der Waals surface area contributed by atoms with Gasteiger partial charge in [-0.15, -0.1) is 0 Å². The number of carbonyl (C=O) groups is 1. The maximum atomic E-state index is 12.5. The predicted molar refractivity (Wildman–Crippen MR) is 115 cm³/mol. The Labute approximate surface area is 180 Å². The van der Waals surface area contributed by atoms with Crippen molar-refractivity contribution in [2.24, 2.45) is 0 Å². The second kappa shape index (κ2) is 8.91. The zero-order valence-electron chi connectivity index (χ0n) is 15.9.